The van der Waals surface area contributed by atoms with Gasteiger partial charge in [0, 0.05) is 10.6 Å². The fraction of sp³-hybridized carbons (Fsp3) is 0.273. The average Bonchev–Trinajstić information content (AvgIpc) is 3.38. The van der Waals surface area contributed by atoms with E-state index < -0.39 is 15.8 Å². The maximum Gasteiger partial charge on any atom is 0.237 e. The first kappa shape index (κ1) is 22.1. The molecule has 166 valence electrons. The Hall–Kier alpha value is -3.09. The Morgan fingerprint density at radius 1 is 1.22 bits per heavy atom. The van der Waals surface area contributed by atoms with Gasteiger partial charge in [0.05, 0.1) is 17.5 Å². The minimum atomic E-state index is -3.87. The predicted molar refractivity (Wildman–Crippen MR) is 122 cm³/mol. The molecule has 1 heterocycles. The number of nitrogens with two attached hydrogens (primary N) is 1. The van der Waals surface area contributed by atoms with Gasteiger partial charge in [-0.1, -0.05) is 48.7 Å². The van der Waals surface area contributed by atoms with Crippen molar-refractivity contribution in [1.82, 2.24) is 9.78 Å². The molecule has 0 saturated heterocycles. The summed E-state index contributed by atoms with van der Waals surface area (Å²) in [4.78, 5) is 0. The Labute approximate surface area is 190 Å². The van der Waals surface area contributed by atoms with Crippen molar-refractivity contribution in [2.45, 2.75) is 37.5 Å². The second kappa shape index (κ2) is 8.81. The summed E-state index contributed by atoms with van der Waals surface area (Å²) < 4.78 is 42.8. The molecule has 0 spiro atoms. The van der Waals surface area contributed by atoms with Crippen molar-refractivity contribution in [3.63, 3.8) is 0 Å². The lowest BCUT2D eigenvalue weighted by Gasteiger charge is -2.11. The van der Waals surface area contributed by atoms with E-state index in [0.29, 0.717) is 28.2 Å². The van der Waals surface area contributed by atoms with E-state index in [1.54, 1.807) is 28.9 Å². The zero-order valence-corrected chi connectivity index (χ0v) is 18.6. The molecule has 0 radical (unpaired) electrons. The van der Waals surface area contributed by atoms with Crippen LogP contribution >= 0.6 is 11.6 Å². The number of aromatic nitrogens is 2. The Balaban J connectivity index is 1.55. The lowest BCUT2D eigenvalue weighted by atomic mass is 10.1. The molecule has 7 nitrogen and oxygen atoms in total. The van der Waals surface area contributed by atoms with Crippen molar-refractivity contribution in [1.29, 1.82) is 5.26 Å². The zero-order chi connectivity index (χ0) is 22.9. The molecule has 0 amide bonds. The summed E-state index contributed by atoms with van der Waals surface area (Å²) in [6, 6.07) is 12.6. The summed E-state index contributed by atoms with van der Waals surface area (Å²) in [5.74, 6) is -0.718. The van der Waals surface area contributed by atoms with Gasteiger partial charge in [0.1, 0.15) is 29.0 Å². The standard InChI is InChI=1S/C22H21ClFN5O2S/c23-16-9-10-19(24)20(11-16)28-32(30,31)13-14-5-7-15(8-6-14)21-18(12-25)22(26)29(27-21)17-3-1-2-4-17/h5-11,17,28H,1-4,13,26H2. The van der Waals surface area contributed by atoms with Crippen molar-refractivity contribution in [2.24, 2.45) is 0 Å². The van der Waals surface area contributed by atoms with Crippen LogP contribution in [0.3, 0.4) is 0 Å². The topological polar surface area (TPSA) is 114 Å². The molecule has 1 saturated carbocycles. The van der Waals surface area contributed by atoms with E-state index in [4.69, 9.17) is 17.3 Å². The Morgan fingerprint density at radius 2 is 1.91 bits per heavy atom. The van der Waals surface area contributed by atoms with Crippen molar-refractivity contribution < 1.29 is 12.8 Å². The molecule has 32 heavy (non-hydrogen) atoms. The normalized spacial score (nSPS) is 14.4. The van der Waals surface area contributed by atoms with Crippen LogP contribution in [0.1, 0.15) is 42.9 Å². The highest BCUT2D eigenvalue weighted by atomic mass is 35.5. The van der Waals surface area contributed by atoms with Crippen LogP contribution < -0.4 is 10.5 Å². The third-order valence-electron chi connectivity index (χ3n) is 5.51. The Kier molecular flexibility index (Phi) is 6.09. The van der Waals surface area contributed by atoms with E-state index in [-0.39, 0.29) is 22.5 Å². The molecule has 2 aromatic carbocycles. The van der Waals surface area contributed by atoms with Crippen LogP contribution in [0.4, 0.5) is 15.9 Å². The van der Waals surface area contributed by atoms with Crippen molar-refractivity contribution >= 4 is 33.1 Å². The van der Waals surface area contributed by atoms with Gasteiger partial charge in [-0.2, -0.15) is 10.4 Å². The number of nitrogens with zero attached hydrogens (tertiary/aromatic N) is 3. The molecular weight excluding hydrogens is 453 g/mol. The third-order valence-corrected chi connectivity index (χ3v) is 6.99. The van der Waals surface area contributed by atoms with Gasteiger partial charge in [0.2, 0.25) is 10.0 Å². The Morgan fingerprint density at radius 3 is 2.56 bits per heavy atom. The second-order valence-electron chi connectivity index (χ2n) is 7.79. The molecular formula is C22H21ClFN5O2S. The van der Waals surface area contributed by atoms with Gasteiger partial charge in [0.25, 0.3) is 0 Å². The van der Waals surface area contributed by atoms with Crippen LogP contribution in [-0.4, -0.2) is 18.2 Å². The SMILES string of the molecule is N#Cc1c(-c2ccc(CS(=O)(=O)Nc3cc(Cl)ccc3F)cc2)nn(C2CCCC2)c1N. The summed E-state index contributed by atoms with van der Waals surface area (Å²) >= 11 is 5.82. The number of nitriles is 1. The van der Waals surface area contributed by atoms with Crippen molar-refractivity contribution in [3.05, 3.63) is 64.4 Å². The highest BCUT2D eigenvalue weighted by Gasteiger charge is 2.25. The molecule has 3 N–H and O–H groups in total. The van der Waals surface area contributed by atoms with Crippen LogP contribution in [0, 0.1) is 17.1 Å². The van der Waals surface area contributed by atoms with Gasteiger partial charge in [-0.25, -0.2) is 17.5 Å². The number of nitrogen functional groups attached to an aromatic ring is 1. The number of rotatable bonds is 6. The van der Waals surface area contributed by atoms with Gasteiger partial charge in [-0.15, -0.1) is 0 Å². The summed E-state index contributed by atoms with van der Waals surface area (Å²) in [6.45, 7) is 0. The molecule has 0 aliphatic heterocycles. The quantitative estimate of drug-likeness (QED) is 0.531. The first-order valence-corrected chi connectivity index (χ1v) is 12.1. The van der Waals surface area contributed by atoms with Gasteiger partial charge in [-0.05, 0) is 36.6 Å². The number of sulfonamides is 1. The number of benzene rings is 2. The van der Waals surface area contributed by atoms with Gasteiger partial charge in [0.15, 0.2) is 0 Å². The fourth-order valence-corrected chi connectivity index (χ4v) is 5.31. The number of hydrogen-bond acceptors (Lipinski definition) is 5. The highest BCUT2D eigenvalue weighted by Crippen LogP contribution is 2.35. The third kappa shape index (κ3) is 4.56. The van der Waals surface area contributed by atoms with Crippen LogP contribution in [-0.2, 0) is 15.8 Å². The van der Waals surface area contributed by atoms with Gasteiger partial charge >= 0.3 is 0 Å². The second-order valence-corrected chi connectivity index (χ2v) is 9.94. The van der Waals surface area contributed by atoms with E-state index in [1.807, 2.05) is 0 Å². The maximum atomic E-state index is 13.9. The van der Waals surface area contributed by atoms with Crippen LogP contribution in [0.2, 0.25) is 5.02 Å². The van der Waals surface area contributed by atoms with Gasteiger partial charge in [-0.3, -0.25) is 4.72 Å². The molecule has 1 fully saturated rings. The number of nitrogens with one attached hydrogen (secondary N) is 1. The molecule has 4 rings (SSSR count). The molecule has 3 aromatic rings. The summed E-state index contributed by atoms with van der Waals surface area (Å²) in [5.41, 5.74) is 7.93. The van der Waals surface area contributed by atoms with Gasteiger partial charge < -0.3 is 5.73 Å². The van der Waals surface area contributed by atoms with Crippen molar-refractivity contribution in [3.8, 4) is 17.3 Å². The number of hydrogen-bond donors (Lipinski definition) is 2. The zero-order valence-electron chi connectivity index (χ0n) is 17.1. The lowest BCUT2D eigenvalue weighted by Crippen LogP contribution is -2.16. The first-order valence-electron chi connectivity index (χ1n) is 10.1. The average molecular weight is 474 g/mol. The van der Waals surface area contributed by atoms with E-state index >= 15 is 0 Å². The van der Waals surface area contributed by atoms with Crippen LogP contribution in [0.15, 0.2) is 42.5 Å². The first-order chi connectivity index (χ1) is 15.3. The van der Waals surface area contributed by atoms with E-state index in [0.717, 1.165) is 31.7 Å². The fourth-order valence-electron chi connectivity index (χ4n) is 3.94. The van der Waals surface area contributed by atoms with E-state index in [1.165, 1.54) is 12.1 Å². The molecule has 0 unspecified atom stereocenters. The predicted octanol–water partition coefficient (Wildman–Crippen LogP) is 4.85. The van der Waals surface area contributed by atoms with E-state index in [2.05, 4.69) is 15.9 Å². The minimum absolute atomic E-state index is 0.193. The van der Waals surface area contributed by atoms with E-state index in [9.17, 15) is 18.1 Å². The molecule has 0 bridgehead atoms. The molecule has 1 aromatic heterocycles. The molecule has 1 aliphatic rings. The monoisotopic (exact) mass is 473 g/mol. The molecule has 1 aliphatic carbocycles. The highest BCUT2D eigenvalue weighted by molar-refractivity contribution is 7.91. The Bertz CT molecular complexity index is 1290. The lowest BCUT2D eigenvalue weighted by molar-refractivity contribution is 0.475. The minimum Gasteiger partial charge on any atom is -0.383 e. The van der Waals surface area contributed by atoms with Crippen LogP contribution in [0.5, 0.6) is 0 Å². The number of halogens is 2. The maximum absolute atomic E-state index is 13.9. The summed E-state index contributed by atoms with van der Waals surface area (Å²) in [7, 11) is -3.87. The molecule has 10 heteroatoms. The smallest absolute Gasteiger partial charge is 0.237 e. The van der Waals surface area contributed by atoms with Crippen molar-refractivity contribution in [2.75, 3.05) is 10.5 Å². The molecule has 0 atom stereocenters. The van der Waals surface area contributed by atoms with Crippen LogP contribution in [0.25, 0.3) is 11.3 Å². The number of anilines is 2. The largest absolute Gasteiger partial charge is 0.383 e. The summed E-state index contributed by atoms with van der Waals surface area (Å²) in [5, 5.41) is 14.4. The summed E-state index contributed by atoms with van der Waals surface area (Å²) in [6.07, 6.45) is 4.18.